The topological polar surface area (TPSA) is 118 Å². The van der Waals surface area contributed by atoms with E-state index in [0.717, 1.165) is 12.8 Å². The maximum Gasteiger partial charge on any atom is 0.308 e. The van der Waals surface area contributed by atoms with Crippen molar-refractivity contribution in [2.45, 2.75) is 70.7 Å². The Hall–Kier alpha value is -1.15. The van der Waals surface area contributed by atoms with Crippen LogP contribution in [0.5, 0.6) is 0 Å². The summed E-state index contributed by atoms with van der Waals surface area (Å²) in [6.07, 6.45) is 1.52. The van der Waals surface area contributed by atoms with Gasteiger partial charge in [0.1, 0.15) is 0 Å². The molecular weight excluding hydrogens is 312 g/mol. The monoisotopic (exact) mass is 338 g/mol. The first-order chi connectivity index (χ1) is 10.1. The molecule has 0 rings (SSSR count). The molecule has 0 heterocycles. The fraction of sp³-hybridized carbons (Fsp3) is 0.857. The van der Waals surface area contributed by atoms with Crippen LogP contribution in [-0.4, -0.2) is 34.9 Å². The van der Waals surface area contributed by atoms with Gasteiger partial charge in [-0.15, -0.1) is 0 Å². The van der Waals surface area contributed by atoms with Gasteiger partial charge >= 0.3 is 22.1 Å². The largest absolute Gasteiger partial charge is 0.481 e. The molecule has 0 fully saturated rings. The summed E-state index contributed by atoms with van der Waals surface area (Å²) in [7, 11) is -4.64. The van der Waals surface area contributed by atoms with Crippen LogP contribution in [0.2, 0.25) is 0 Å². The van der Waals surface area contributed by atoms with Crippen molar-refractivity contribution < 1.29 is 32.4 Å². The van der Waals surface area contributed by atoms with Gasteiger partial charge in [0.25, 0.3) is 0 Å². The van der Waals surface area contributed by atoms with Crippen molar-refractivity contribution in [1.82, 2.24) is 0 Å². The molecule has 0 aromatic heterocycles. The predicted molar refractivity (Wildman–Crippen MR) is 80.8 cm³/mol. The lowest BCUT2D eigenvalue weighted by Crippen LogP contribution is -2.49. The molecule has 22 heavy (non-hydrogen) atoms. The first kappa shape index (κ1) is 20.9. The maximum atomic E-state index is 11.9. The fourth-order valence-electron chi connectivity index (χ4n) is 2.53. The zero-order valence-electron chi connectivity index (χ0n) is 13.4. The van der Waals surface area contributed by atoms with Crippen LogP contribution in [0, 0.1) is 5.92 Å². The molecule has 0 bridgehead atoms. The van der Waals surface area contributed by atoms with Crippen molar-refractivity contribution in [1.29, 1.82) is 0 Å². The van der Waals surface area contributed by atoms with Gasteiger partial charge in [0, 0.05) is 12.3 Å². The van der Waals surface area contributed by atoms with Crippen molar-refractivity contribution >= 4 is 22.1 Å². The van der Waals surface area contributed by atoms with Gasteiger partial charge in [-0.25, -0.2) is 0 Å². The molecule has 0 saturated heterocycles. The Morgan fingerprint density at radius 3 is 2.14 bits per heavy atom. The van der Waals surface area contributed by atoms with Gasteiger partial charge in [0.05, 0.1) is 12.8 Å². The molecule has 0 aromatic rings. The molecule has 0 spiro atoms. The van der Waals surface area contributed by atoms with Crippen LogP contribution in [-0.2, 0) is 24.4 Å². The molecule has 0 saturated carbocycles. The molecule has 0 aliphatic heterocycles. The van der Waals surface area contributed by atoms with Gasteiger partial charge in [-0.05, 0) is 12.8 Å². The second-order valence-electron chi connectivity index (χ2n) is 5.26. The lowest BCUT2D eigenvalue weighted by Gasteiger charge is -2.36. The molecule has 2 atom stereocenters. The van der Waals surface area contributed by atoms with E-state index in [1.54, 1.807) is 6.92 Å². The number of carbonyl (C=O) groups is 2. The number of esters is 1. The molecule has 2 N–H and O–H groups in total. The van der Waals surface area contributed by atoms with E-state index in [1.165, 1.54) is 6.92 Å². The van der Waals surface area contributed by atoms with E-state index in [4.69, 9.17) is 9.84 Å². The number of aliphatic carboxylic acids is 1. The van der Waals surface area contributed by atoms with Crippen molar-refractivity contribution in [2.24, 2.45) is 5.92 Å². The third kappa shape index (κ3) is 5.57. The second-order valence-corrected chi connectivity index (χ2v) is 6.90. The summed E-state index contributed by atoms with van der Waals surface area (Å²) in [4.78, 5) is 20.3. The molecule has 0 radical (unpaired) electrons. The van der Waals surface area contributed by atoms with Gasteiger partial charge in [0.15, 0.2) is 0 Å². The normalized spacial score (nSPS) is 15.8. The molecule has 0 aliphatic rings. The fourth-order valence-corrected chi connectivity index (χ4v) is 3.80. The lowest BCUT2D eigenvalue weighted by atomic mass is 9.91. The van der Waals surface area contributed by atoms with Gasteiger partial charge < -0.3 is 9.84 Å². The Kier molecular flexibility index (Phi) is 8.62. The molecule has 0 amide bonds. The molecular formula is C14H26O7S. The smallest absolute Gasteiger partial charge is 0.308 e. The first-order valence-corrected chi connectivity index (χ1v) is 8.99. The second kappa shape index (κ2) is 9.09. The Morgan fingerprint density at radius 1 is 1.18 bits per heavy atom. The highest BCUT2D eigenvalue weighted by atomic mass is 32.2. The highest BCUT2D eigenvalue weighted by Crippen LogP contribution is 2.37. The minimum atomic E-state index is -4.64. The number of carboxylic acid groups (broad SMARTS) is 1. The Balaban J connectivity index is 5.41. The summed E-state index contributed by atoms with van der Waals surface area (Å²) >= 11 is 0. The molecule has 0 aromatic carbocycles. The first-order valence-electron chi connectivity index (χ1n) is 7.55. The van der Waals surface area contributed by atoms with E-state index < -0.39 is 45.7 Å². The third-order valence-corrected chi connectivity index (χ3v) is 5.36. The number of hydrogen-bond acceptors (Lipinski definition) is 5. The van der Waals surface area contributed by atoms with Crippen LogP contribution in [0.15, 0.2) is 0 Å². The summed E-state index contributed by atoms with van der Waals surface area (Å²) < 4.78 is 38.5. The molecule has 8 heteroatoms. The summed E-state index contributed by atoms with van der Waals surface area (Å²) in [6, 6.07) is 0. The third-order valence-electron chi connectivity index (χ3n) is 3.78. The minimum Gasteiger partial charge on any atom is -0.481 e. The summed E-state index contributed by atoms with van der Waals surface area (Å²) in [5.41, 5.74) is 0. The van der Waals surface area contributed by atoms with E-state index in [0.29, 0.717) is 12.8 Å². The summed E-state index contributed by atoms with van der Waals surface area (Å²) in [5.74, 6) is -2.65. The Labute approximate surface area is 131 Å². The van der Waals surface area contributed by atoms with Crippen LogP contribution in [0.4, 0.5) is 0 Å². The van der Waals surface area contributed by atoms with Crippen LogP contribution in [0.25, 0.3) is 0 Å². The summed E-state index contributed by atoms with van der Waals surface area (Å²) in [6.45, 7) is 5.24. The molecule has 7 nitrogen and oxygen atoms in total. The average molecular weight is 338 g/mol. The number of carboxylic acids is 1. The number of rotatable bonds is 11. The number of unbranched alkanes of at least 4 members (excludes halogenated alkanes) is 1. The molecule has 2 unspecified atom stereocenters. The van der Waals surface area contributed by atoms with Crippen molar-refractivity contribution in [2.75, 3.05) is 0 Å². The van der Waals surface area contributed by atoms with Gasteiger partial charge in [-0.2, -0.15) is 8.42 Å². The quantitative estimate of drug-likeness (QED) is 0.439. The minimum absolute atomic E-state index is 0.0904. The van der Waals surface area contributed by atoms with Crippen LogP contribution in [0.1, 0.15) is 65.7 Å². The van der Waals surface area contributed by atoms with Gasteiger partial charge in [0.2, 0.25) is 4.93 Å². The summed E-state index contributed by atoms with van der Waals surface area (Å²) in [5, 5.41) is 8.57. The van der Waals surface area contributed by atoms with E-state index >= 15 is 0 Å². The van der Waals surface area contributed by atoms with E-state index in [-0.39, 0.29) is 6.42 Å². The highest BCUT2D eigenvalue weighted by Gasteiger charge is 2.50. The SMILES string of the molecule is CCCCC(CC)C(CC)(OC(=O)CCC(=O)O)S(=O)(=O)O. The lowest BCUT2D eigenvalue weighted by molar-refractivity contribution is -0.159. The number of hydrogen-bond donors (Lipinski definition) is 2. The molecule has 130 valence electrons. The van der Waals surface area contributed by atoms with E-state index in [1.807, 2.05) is 6.92 Å². The van der Waals surface area contributed by atoms with Crippen molar-refractivity contribution in [3.63, 3.8) is 0 Å². The van der Waals surface area contributed by atoms with Gasteiger partial charge in [-0.3, -0.25) is 14.1 Å². The molecule has 0 aliphatic carbocycles. The van der Waals surface area contributed by atoms with Crippen LogP contribution in [0.3, 0.4) is 0 Å². The Bertz CT molecular complexity index is 472. The van der Waals surface area contributed by atoms with Crippen molar-refractivity contribution in [3.8, 4) is 0 Å². The average Bonchev–Trinajstić information content (AvgIpc) is 2.43. The van der Waals surface area contributed by atoms with E-state index in [9.17, 15) is 22.6 Å². The standard InChI is InChI=1S/C14H26O7S/c1-4-7-8-11(5-2)14(6-3,22(18,19)20)21-13(17)10-9-12(15)16/h11H,4-10H2,1-3H3,(H,15,16)(H,18,19,20). The Morgan fingerprint density at radius 2 is 1.77 bits per heavy atom. The maximum absolute atomic E-state index is 11.9. The van der Waals surface area contributed by atoms with E-state index in [2.05, 4.69) is 0 Å². The van der Waals surface area contributed by atoms with Crippen LogP contribution >= 0.6 is 0 Å². The zero-order valence-corrected chi connectivity index (χ0v) is 14.2. The highest BCUT2D eigenvalue weighted by molar-refractivity contribution is 7.87. The van der Waals surface area contributed by atoms with Gasteiger partial charge in [-0.1, -0.05) is 33.6 Å². The zero-order chi connectivity index (χ0) is 17.4. The van der Waals surface area contributed by atoms with Crippen molar-refractivity contribution in [3.05, 3.63) is 0 Å². The predicted octanol–water partition coefficient (Wildman–Crippen LogP) is 2.60. The number of ether oxygens (including phenoxy) is 1. The number of carbonyl (C=O) groups excluding carboxylic acids is 1. The van der Waals surface area contributed by atoms with Crippen LogP contribution < -0.4 is 0 Å².